The van der Waals surface area contributed by atoms with Gasteiger partial charge in [0.05, 0.1) is 13.2 Å². The predicted octanol–water partition coefficient (Wildman–Crippen LogP) is 1.74. The van der Waals surface area contributed by atoms with Crippen LogP contribution in [0.1, 0.15) is 44.5 Å². The second-order valence-electron chi connectivity index (χ2n) is 10.7. The van der Waals surface area contributed by atoms with E-state index >= 15 is 0 Å². The lowest BCUT2D eigenvalue weighted by atomic mass is 10.2. The molecule has 1 saturated heterocycles. The zero-order valence-electron chi connectivity index (χ0n) is 28.7. The molecule has 1 aliphatic rings. The van der Waals surface area contributed by atoms with Gasteiger partial charge >= 0.3 is 0 Å². The first-order valence-electron chi connectivity index (χ1n) is 16.1. The molecule has 4 heterocycles. The van der Waals surface area contributed by atoms with Gasteiger partial charge in [-0.25, -0.2) is 0 Å². The van der Waals surface area contributed by atoms with E-state index in [1.165, 1.54) is 26.3 Å². The van der Waals surface area contributed by atoms with E-state index in [4.69, 9.17) is 4.74 Å². The second kappa shape index (κ2) is 27.4. The van der Waals surface area contributed by atoms with Crippen LogP contribution in [-0.2, 0) is 43.2 Å². The van der Waals surface area contributed by atoms with Gasteiger partial charge in [-0.3, -0.25) is 39.0 Å². The first-order chi connectivity index (χ1) is 23.2. The first kappa shape index (κ1) is 41.3. The fourth-order valence-corrected chi connectivity index (χ4v) is 3.99. The summed E-state index contributed by atoms with van der Waals surface area (Å²) >= 11 is 0. The molecule has 0 aromatic carbocycles. The Hall–Kier alpha value is -4.75. The van der Waals surface area contributed by atoms with Gasteiger partial charge < -0.3 is 26.0 Å². The maximum atomic E-state index is 10.5. The van der Waals surface area contributed by atoms with Crippen molar-refractivity contribution >= 4 is 23.6 Å². The van der Waals surface area contributed by atoms with Gasteiger partial charge in [-0.05, 0) is 54.3 Å². The topological polar surface area (TPSA) is 168 Å². The van der Waals surface area contributed by atoms with Crippen molar-refractivity contribution < 1.29 is 23.9 Å². The largest absolute Gasteiger partial charge is 0.379 e. The number of amides is 4. The second-order valence-corrected chi connectivity index (χ2v) is 10.7. The van der Waals surface area contributed by atoms with Gasteiger partial charge in [0.2, 0.25) is 23.6 Å². The van der Waals surface area contributed by atoms with Gasteiger partial charge in [-0.15, -0.1) is 0 Å². The summed E-state index contributed by atoms with van der Waals surface area (Å²) < 4.78 is 5.20. The molecule has 0 saturated carbocycles. The molecule has 1 aliphatic heterocycles. The Labute approximate surface area is 284 Å². The Morgan fingerprint density at radius 1 is 0.625 bits per heavy atom. The summed E-state index contributed by atoms with van der Waals surface area (Å²) in [5, 5.41) is 10.9. The minimum atomic E-state index is 0.00549. The molecule has 0 radical (unpaired) electrons. The van der Waals surface area contributed by atoms with Crippen molar-refractivity contribution in [3.8, 4) is 0 Å². The monoisotopic (exact) mass is 664 g/mol. The van der Waals surface area contributed by atoms with E-state index in [1.807, 2.05) is 48.7 Å². The number of aromatic nitrogens is 3. The van der Waals surface area contributed by atoms with Crippen LogP contribution in [0.2, 0.25) is 0 Å². The van der Waals surface area contributed by atoms with E-state index in [0.717, 1.165) is 69.9 Å². The molecule has 3 aromatic rings. The lowest BCUT2D eigenvalue weighted by Gasteiger charge is -2.26. The van der Waals surface area contributed by atoms with Crippen LogP contribution in [0.25, 0.3) is 0 Å². The number of pyridine rings is 3. The predicted molar refractivity (Wildman–Crippen MR) is 186 cm³/mol. The zero-order valence-corrected chi connectivity index (χ0v) is 28.7. The highest BCUT2D eigenvalue weighted by Gasteiger charge is 2.09. The van der Waals surface area contributed by atoms with E-state index in [9.17, 15) is 19.2 Å². The van der Waals surface area contributed by atoms with Crippen LogP contribution < -0.4 is 21.3 Å². The molecule has 0 spiro atoms. The Bertz CT molecular complexity index is 1150. The van der Waals surface area contributed by atoms with Gasteiger partial charge in [-0.1, -0.05) is 12.1 Å². The van der Waals surface area contributed by atoms with Crippen LogP contribution in [0.5, 0.6) is 0 Å². The minimum absolute atomic E-state index is 0.00549. The number of morpholine rings is 1. The number of nitrogens with zero attached hydrogens (tertiary/aromatic N) is 4. The molecule has 13 nitrogen and oxygen atoms in total. The third kappa shape index (κ3) is 25.4. The molecule has 4 N–H and O–H groups in total. The molecule has 262 valence electrons. The van der Waals surface area contributed by atoms with Crippen molar-refractivity contribution in [3.05, 3.63) is 90.3 Å². The zero-order chi connectivity index (χ0) is 35.2. The molecular weight excluding hydrogens is 612 g/mol. The average Bonchev–Trinajstić information content (AvgIpc) is 3.07. The highest BCUT2D eigenvalue weighted by Crippen LogP contribution is 1.97. The normalized spacial score (nSPS) is 11.8. The van der Waals surface area contributed by atoms with Gasteiger partial charge in [0.15, 0.2) is 0 Å². The van der Waals surface area contributed by atoms with Crippen LogP contribution in [0, 0.1) is 0 Å². The van der Waals surface area contributed by atoms with E-state index in [-0.39, 0.29) is 23.6 Å². The summed E-state index contributed by atoms with van der Waals surface area (Å²) in [6, 6.07) is 13.5. The SMILES string of the molecule is CC(=O)NCCN1CCOCC1.CC(=O)NCCc1ccccn1.CC(=O)NCCc1cccnc1.CC(=O)NCCc1ccncc1. The molecule has 1 fully saturated rings. The number of ether oxygens (including phenoxy) is 1. The summed E-state index contributed by atoms with van der Waals surface area (Å²) in [6.45, 7) is 13.4. The number of rotatable bonds is 12. The van der Waals surface area contributed by atoms with Crippen LogP contribution >= 0.6 is 0 Å². The van der Waals surface area contributed by atoms with E-state index in [2.05, 4.69) is 41.1 Å². The molecule has 0 atom stereocenters. The lowest BCUT2D eigenvalue weighted by molar-refractivity contribution is -0.119. The molecular formula is C35H52N8O5. The molecule has 3 aromatic heterocycles. The van der Waals surface area contributed by atoms with Crippen molar-refractivity contribution in [1.29, 1.82) is 0 Å². The minimum Gasteiger partial charge on any atom is -0.379 e. The quantitative estimate of drug-likeness (QED) is 0.226. The third-order valence-electron chi connectivity index (χ3n) is 6.43. The van der Waals surface area contributed by atoms with E-state index < -0.39 is 0 Å². The van der Waals surface area contributed by atoms with Gasteiger partial charge in [0.25, 0.3) is 0 Å². The molecule has 48 heavy (non-hydrogen) atoms. The Kier molecular flexibility index (Phi) is 23.5. The van der Waals surface area contributed by atoms with Gasteiger partial charge in [0.1, 0.15) is 0 Å². The number of carbonyl (C=O) groups is 4. The van der Waals surface area contributed by atoms with Crippen molar-refractivity contribution in [2.75, 3.05) is 59.0 Å². The Balaban J connectivity index is 0.000000320. The molecule has 0 bridgehead atoms. The molecule has 4 amide bonds. The number of hydrogen-bond acceptors (Lipinski definition) is 9. The number of carbonyl (C=O) groups excluding carboxylic acids is 4. The summed E-state index contributed by atoms with van der Waals surface area (Å²) in [5.74, 6) is 0.0807. The smallest absolute Gasteiger partial charge is 0.216 e. The van der Waals surface area contributed by atoms with E-state index in [1.54, 1.807) is 31.7 Å². The Morgan fingerprint density at radius 2 is 1.19 bits per heavy atom. The van der Waals surface area contributed by atoms with Crippen LogP contribution in [-0.4, -0.2) is 103 Å². The molecule has 4 rings (SSSR count). The average molecular weight is 665 g/mol. The van der Waals surface area contributed by atoms with Crippen LogP contribution in [0.3, 0.4) is 0 Å². The highest BCUT2D eigenvalue weighted by atomic mass is 16.5. The lowest BCUT2D eigenvalue weighted by Crippen LogP contribution is -2.40. The fraction of sp³-hybridized carbons (Fsp3) is 0.457. The van der Waals surface area contributed by atoms with Crippen molar-refractivity contribution in [2.24, 2.45) is 0 Å². The van der Waals surface area contributed by atoms with Gasteiger partial charge in [0, 0.05) is 117 Å². The van der Waals surface area contributed by atoms with Crippen molar-refractivity contribution in [1.82, 2.24) is 41.1 Å². The third-order valence-corrected chi connectivity index (χ3v) is 6.43. The molecule has 13 heteroatoms. The maximum Gasteiger partial charge on any atom is 0.216 e. The van der Waals surface area contributed by atoms with E-state index in [0.29, 0.717) is 19.6 Å². The molecule has 0 unspecified atom stereocenters. The highest BCUT2D eigenvalue weighted by molar-refractivity contribution is 5.73. The maximum absolute atomic E-state index is 10.5. The summed E-state index contributed by atoms with van der Waals surface area (Å²) in [4.78, 5) is 56.3. The summed E-state index contributed by atoms with van der Waals surface area (Å²) in [7, 11) is 0. The summed E-state index contributed by atoms with van der Waals surface area (Å²) in [5.41, 5.74) is 3.34. The van der Waals surface area contributed by atoms with Gasteiger partial charge in [-0.2, -0.15) is 0 Å². The standard InChI is InChI=1S/3C9H12N2O.C8H16N2O2/c1-8(12)11-7-4-9-2-5-10-6-3-9;1-8(12)11-6-4-9-3-2-5-10-7-9;1-8(12)10-7-5-9-4-2-3-6-11-9;1-8(11)9-2-3-10-4-6-12-7-5-10/h2-3,5-6H,4,7H2,1H3,(H,11,12);2-3,5,7H,4,6H2,1H3,(H,11,12);2-4,6H,5,7H2,1H3,(H,10,12);2-7H2,1H3,(H,9,11). The van der Waals surface area contributed by atoms with Crippen LogP contribution in [0.4, 0.5) is 0 Å². The molecule has 0 aliphatic carbocycles. The van der Waals surface area contributed by atoms with Crippen LogP contribution in [0.15, 0.2) is 73.4 Å². The Morgan fingerprint density at radius 3 is 1.71 bits per heavy atom. The number of nitrogens with one attached hydrogen (secondary N) is 4. The fourth-order valence-electron chi connectivity index (χ4n) is 3.99. The van der Waals surface area contributed by atoms with Crippen molar-refractivity contribution in [3.63, 3.8) is 0 Å². The first-order valence-corrected chi connectivity index (χ1v) is 16.1. The van der Waals surface area contributed by atoms with Crippen molar-refractivity contribution in [2.45, 2.75) is 47.0 Å². The summed E-state index contributed by atoms with van der Waals surface area (Å²) in [6.07, 6.45) is 11.3. The number of hydrogen-bond donors (Lipinski definition) is 4.